The molecular weight excluding hydrogens is 264 g/mol. The zero-order chi connectivity index (χ0) is 14.8. The quantitative estimate of drug-likeness (QED) is 0.923. The number of nitrogens with zero attached hydrogens (tertiary/aromatic N) is 1. The van der Waals surface area contributed by atoms with Gasteiger partial charge in [0.15, 0.2) is 0 Å². The lowest BCUT2D eigenvalue weighted by Gasteiger charge is -2.40. The number of carboxylic acids is 1. The van der Waals surface area contributed by atoms with Crippen molar-refractivity contribution < 1.29 is 18.7 Å². The van der Waals surface area contributed by atoms with Crippen LogP contribution in [0.3, 0.4) is 0 Å². The number of likely N-dealkylation sites (tertiary alicyclic amines) is 1. The molecule has 1 fully saturated rings. The van der Waals surface area contributed by atoms with Gasteiger partial charge in [0.25, 0.3) is 0 Å². The number of carboxylic acid groups (broad SMARTS) is 1. The highest BCUT2D eigenvalue weighted by Gasteiger charge is 2.40. The van der Waals surface area contributed by atoms with Gasteiger partial charge in [0, 0.05) is 12.5 Å². The van der Waals surface area contributed by atoms with Crippen LogP contribution in [0.4, 0.5) is 8.78 Å². The minimum atomic E-state index is -1.15. The molecule has 2 rings (SSSR count). The standard InChI is InChI=1S/C15H19F2NO2/c1-15(14(19)20,18-7-3-2-4-8-18)10-11-5-6-12(16)9-13(11)17/h5-6,9H,2-4,7-8,10H2,1H3,(H,19,20). The topological polar surface area (TPSA) is 40.5 Å². The van der Waals surface area contributed by atoms with Gasteiger partial charge in [-0.05, 0) is 44.5 Å². The molecule has 1 N–H and O–H groups in total. The Morgan fingerprint density at radius 2 is 1.95 bits per heavy atom. The van der Waals surface area contributed by atoms with E-state index in [1.54, 1.807) is 6.92 Å². The van der Waals surface area contributed by atoms with Crippen molar-refractivity contribution in [3.63, 3.8) is 0 Å². The van der Waals surface area contributed by atoms with E-state index in [9.17, 15) is 18.7 Å². The van der Waals surface area contributed by atoms with Crippen molar-refractivity contribution in [3.05, 3.63) is 35.4 Å². The van der Waals surface area contributed by atoms with Crippen LogP contribution in [-0.2, 0) is 11.2 Å². The van der Waals surface area contributed by atoms with Crippen molar-refractivity contribution in [2.45, 2.75) is 38.1 Å². The van der Waals surface area contributed by atoms with E-state index in [2.05, 4.69) is 0 Å². The molecule has 20 heavy (non-hydrogen) atoms. The second kappa shape index (κ2) is 5.87. The lowest BCUT2D eigenvalue weighted by atomic mass is 9.89. The second-order valence-corrected chi connectivity index (χ2v) is 5.54. The zero-order valence-electron chi connectivity index (χ0n) is 11.5. The predicted octanol–water partition coefficient (Wildman–Crippen LogP) is 2.84. The van der Waals surface area contributed by atoms with E-state index in [0.29, 0.717) is 13.1 Å². The van der Waals surface area contributed by atoms with Gasteiger partial charge < -0.3 is 5.11 Å². The maximum absolute atomic E-state index is 13.8. The number of rotatable bonds is 4. The van der Waals surface area contributed by atoms with Crippen LogP contribution in [-0.4, -0.2) is 34.6 Å². The van der Waals surface area contributed by atoms with E-state index in [1.807, 2.05) is 4.90 Å². The van der Waals surface area contributed by atoms with Crippen LogP contribution in [0.1, 0.15) is 31.7 Å². The van der Waals surface area contributed by atoms with Gasteiger partial charge in [0.2, 0.25) is 0 Å². The van der Waals surface area contributed by atoms with Crippen molar-refractivity contribution in [1.29, 1.82) is 0 Å². The van der Waals surface area contributed by atoms with Crippen LogP contribution < -0.4 is 0 Å². The Balaban J connectivity index is 2.26. The van der Waals surface area contributed by atoms with Crippen LogP contribution in [0.5, 0.6) is 0 Å². The highest BCUT2D eigenvalue weighted by molar-refractivity contribution is 5.78. The highest BCUT2D eigenvalue weighted by atomic mass is 19.1. The van der Waals surface area contributed by atoms with Crippen molar-refractivity contribution in [2.75, 3.05) is 13.1 Å². The molecular formula is C15H19F2NO2. The summed E-state index contributed by atoms with van der Waals surface area (Å²) in [5.74, 6) is -2.31. The number of piperidine rings is 1. The van der Waals surface area contributed by atoms with Gasteiger partial charge in [0.1, 0.15) is 17.2 Å². The second-order valence-electron chi connectivity index (χ2n) is 5.54. The molecule has 1 aromatic carbocycles. The Kier molecular flexibility index (Phi) is 4.38. The van der Waals surface area contributed by atoms with Gasteiger partial charge in [0.05, 0.1) is 0 Å². The fourth-order valence-corrected chi connectivity index (χ4v) is 2.75. The van der Waals surface area contributed by atoms with E-state index in [1.165, 1.54) is 6.07 Å². The fraction of sp³-hybridized carbons (Fsp3) is 0.533. The summed E-state index contributed by atoms with van der Waals surface area (Å²) in [5.41, 5.74) is -0.916. The molecule has 1 heterocycles. The third kappa shape index (κ3) is 2.98. The molecule has 1 aromatic rings. The van der Waals surface area contributed by atoms with Gasteiger partial charge in [-0.2, -0.15) is 0 Å². The first-order valence-corrected chi connectivity index (χ1v) is 6.86. The molecule has 1 aliphatic rings. The number of carbonyl (C=O) groups is 1. The monoisotopic (exact) mass is 283 g/mol. The molecule has 0 bridgehead atoms. The summed E-state index contributed by atoms with van der Waals surface area (Å²) in [5, 5.41) is 9.55. The van der Waals surface area contributed by atoms with E-state index >= 15 is 0 Å². The first-order valence-electron chi connectivity index (χ1n) is 6.86. The van der Waals surface area contributed by atoms with Gasteiger partial charge >= 0.3 is 5.97 Å². The molecule has 3 nitrogen and oxygen atoms in total. The van der Waals surface area contributed by atoms with E-state index in [-0.39, 0.29) is 12.0 Å². The normalized spacial score (nSPS) is 19.6. The number of halogens is 2. The number of hydrogen-bond donors (Lipinski definition) is 1. The Bertz CT molecular complexity index is 501. The molecule has 0 aromatic heterocycles. The van der Waals surface area contributed by atoms with Crippen molar-refractivity contribution in [1.82, 2.24) is 4.90 Å². The summed E-state index contributed by atoms with van der Waals surface area (Å²) in [6.45, 7) is 3.01. The Labute approximate surface area is 117 Å². The van der Waals surface area contributed by atoms with Crippen LogP contribution >= 0.6 is 0 Å². The Morgan fingerprint density at radius 1 is 1.30 bits per heavy atom. The van der Waals surface area contributed by atoms with E-state index < -0.39 is 23.1 Å². The molecule has 1 unspecified atom stereocenters. The summed E-state index contributed by atoms with van der Waals surface area (Å²) >= 11 is 0. The maximum atomic E-state index is 13.8. The smallest absolute Gasteiger partial charge is 0.324 e. The van der Waals surface area contributed by atoms with Crippen LogP contribution in [0.25, 0.3) is 0 Å². The largest absolute Gasteiger partial charge is 0.480 e. The minimum absolute atomic E-state index is 0.0362. The van der Waals surface area contributed by atoms with Crippen LogP contribution in [0, 0.1) is 11.6 Å². The van der Waals surface area contributed by atoms with Gasteiger partial charge in [-0.25, -0.2) is 8.78 Å². The van der Waals surface area contributed by atoms with Crippen molar-refractivity contribution in [3.8, 4) is 0 Å². The molecule has 1 saturated heterocycles. The summed E-state index contributed by atoms with van der Waals surface area (Å²) in [4.78, 5) is 13.6. The van der Waals surface area contributed by atoms with Crippen molar-refractivity contribution >= 4 is 5.97 Å². The highest BCUT2D eigenvalue weighted by Crippen LogP contribution is 2.26. The van der Waals surface area contributed by atoms with E-state index in [0.717, 1.165) is 31.4 Å². The van der Waals surface area contributed by atoms with E-state index in [4.69, 9.17) is 0 Å². The summed E-state index contributed by atoms with van der Waals surface area (Å²) in [6.07, 6.45) is 3.04. The fourth-order valence-electron chi connectivity index (χ4n) is 2.75. The average molecular weight is 283 g/mol. The predicted molar refractivity (Wildman–Crippen MR) is 71.5 cm³/mol. The number of aliphatic carboxylic acids is 1. The van der Waals surface area contributed by atoms with Crippen LogP contribution in [0.2, 0.25) is 0 Å². The van der Waals surface area contributed by atoms with Gasteiger partial charge in [-0.3, -0.25) is 9.69 Å². The van der Waals surface area contributed by atoms with Crippen molar-refractivity contribution in [2.24, 2.45) is 0 Å². The molecule has 0 aliphatic carbocycles. The SMILES string of the molecule is CC(Cc1ccc(F)cc1F)(C(=O)O)N1CCCCC1. The molecule has 0 spiro atoms. The molecule has 0 saturated carbocycles. The summed E-state index contributed by atoms with van der Waals surface area (Å²) in [7, 11) is 0. The summed E-state index contributed by atoms with van der Waals surface area (Å²) in [6, 6.07) is 3.29. The minimum Gasteiger partial charge on any atom is -0.480 e. The molecule has 0 radical (unpaired) electrons. The first kappa shape index (κ1) is 14.9. The average Bonchev–Trinajstić information content (AvgIpc) is 2.42. The zero-order valence-corrected chi connectivity index (χ0v) is 11.5. The number of benzene rings is 1. The third-order valence-electron chi connectivity index (χ3n) is 4.06. The van der Waals surface area contributed by atoms with Gasteiger partial charge in [-0.15, -0.1) is 0 Å². The maximum Gasteiger partial charge on any atom is 0.324 e. The molecule has 5 heteroatoms. The first-order chi connectivity index (χ1) is 9.43. The molecule has 1 atom stereocenters. The van der Waals surface area contributed by atoms with Gasteiger partial charge in [-0.1, -0.05) is 12.5 Å². The lowest BCUT2D eigenvalue weighted by molar-refractivity contribution is -0.151. The Morgan fingerprint density at radius 3 is 2.50 bits per heavy atom. The lowest BCUT2D eigenvalue weighted by Crippen LogP contribution is -2.55. The molecule has 110 valence electrons. The summed E-state index contributed by atoms with van der Waals surface area (Å²) < 4.78 is 26.7. The van der Waals surface area contributed by atoms with Crippen LogP contribution in [0.15, 0.2) is 18.2 Å². The number of hydrogen-bond acceptors (Lipinski definition) is 2. The third-order valence-corrected chi connectivity index (χ3v) is 4.06. The molecule has 0 amide bonds. The Hall–Kier alpha value is -1.49. The molecule has 1 aliphatic heterocycles.